The smallest absolute Gasteiger partial charge is 0.264 e. The van der Waals surface area contributed by atoms with Crippen molar-refractivity contribution in [3.05, 3.63) is 109 Å². The molecule has 13 heteroatoms. The number of nitrogens with zero attached hydrogens (tertiary/aromatic N) is 2. The van der Waals surface area contributed by atoms with Gasteiger partial charge in [-0.2, -0.15) is 0 Å². The fraction of sp³-hybridized carbons (Fsp3) is 0.167. The van der Waals surface area contributed by atoms with Crippen molar-refractivity contribution in [2.24, 2.45) is 0 Å². The number of sulfonamides is 2. The summed E-state index contributed by atoms with van der Waals surface area (Å²) in [6, 6.07) is 29.1. The number of fused-ring (bicyclic) bond motifs is 1. The van der Waals surface area contributed by atoms with Crippen LogP contribution in [-0.2, 0) is 29.6 Å². The molecule has 0 unspecified atom stereocenters. The third-order valence-corrected chi connectivity index (χ3v) is 12.0. The maximum atomic E-state index is 14.4. The zero-order chi connectivity index (χ0) is 35.3. The van der Waals surface area contributed by atoms with Crippen molar-refractivity contribution in [2.75, 3.05) is 35.9 Å². The van der Waals surface area contributed by atoms with E-state index in [1.54, 1.807) is 30.3 Å². The molecule has 0 atom stereocenters. The van der Waals surface area contributed by atoms with Gasteiger partial charge in [-0.1, -0.05) is 54.2 Å². The summed E-state index contributed by atoms with van der Waals surface area (Å²) in [5.41, 5.74) is 0.345. The summed E-state index contributed by atoms with van der Waals surface area (Å²) in [5.74, 6) is 0.0804. The molecule has 0 spiro atoms. The molecule has 0 saturated carbocycles. The summed E-state index contributed by atoms with van der Waals surface area (Å²) in [4.78, 5) is 26.4. The van der Waals surface area contributed by atoms with Crippen molar-refractivity contribution >= 4 is 65.5 Å². The van der Waals surface area contributed by atoms with Crippen LogP contribution in [0.5, 0.6) is 11.5 Å². The molecule has 0 amide bonds. The molecule has 0 aliphatic heterocycles. The number of ether oxygens (including phenoxy) is 2. The first-order chi connectivity index (χ1) is 23.4. The molecular weight excluding hydrogens is 685 g/mol. The predicted octanol–water partition coefficient (Wildman–Crippen LogP) is 6.58. The van der Waals surface area contributed by atoms with E-state index >= 15 is 0 Å². The lowest BCUT2D eigenvalue weighted by molar-refractivity contribution is -0.116. The molecule has 49 heavy (non-hydrogen) atoms. The van der Waals surface area contributed by atoms with Crippen LogP contribution < -0.4 is 18.1 Å². The minimum atomic E-state index is -4.36. The van der Waals surface area contributed by atoms with Gasteiger partial charge in [-0.25, -0.2) is 16.8 Å². The van der Waals surface area contributed by atoms with E-state index in [1.807, 2.05) is 30.3 Å². The Kier molecular flexibility index (Phi) is 10.7. The minimum Gasteiger partial charge on any atom is -0.497 e. The Labute approximate surface area is 290 Å². The number of benzene rings is 5. The number of hydrogen-bond donors (Lipinski definition) is 0. The van der Waals surface area contributed by atoms with Crippen LogP contribution in [0.25, 0.3) is 10.8 Å². The lowest BCUT2D eigenvalue weighted by atomic mass is 10.1. The molecule has 254 valence electrons. The lowest BCUT2D eigenvalue weighted by Gasteiger charge is -2.30. The molecule has 5 aromatic rings. The molecule has 0 saturated heterocycles. The topological polar surface area (TPSA) is 127 Å². The van der Waals surface area contributed by atoms with Crippen molar-refractivity contribution in [2.45, 2.75) is 33.4 Å². The van der Waals surface area contributed by atoms with Gasteiger partial charge in [0.05, 0.1) is 48.5 Å². The van der Waals surface area contributed by atoms with Gasteiger partial charge in [0.1, 0.15) is 23.1 Å². The highest BCUT2D eigenvalue weighted by Gasteiger charge is 2.34. The molecule has 0 aliphatic carbocycles. The van der Waals surface area contributed by atoms with E-state index in [0.717, 1.165) is 13.5 Å². The number of Topliss-reactive ketones (excluding diaryl/α,β-unsaturated/α-hetero) is 2. The fourth-order valence-electron chi connectivity index (χ4n) is 5.21. The first kappa shape index (κ1) is 35.5. The van der Waals surface area contributed by atoms with Crippen molar-refractivity contribution in [1.29, 1.82) is 0 Å². The van der Waals surface area contributed by atoms with E-state index in [1.165, 1.54) is 88.4 Å². The largest absolute Gasteiger partial charge is 0.497 e. The van der Waals surface area contributed by atoms with E-state index in [2.05, 4.69) is 0 Å². The van der Waals surface area contributed by atoms with Crippen molar-refractivity contribution < 1.29 is 35.9 Å². The van der Waals surface area contributed by atoms with E-state index in [0.29, 0.717) is 27.2 Å². The number of rotatable bonds is 14. The van der Waals surface area contributed by atoms with E-state index < -0.39 is 44.7 Å². The molecule has 10 nitrogen and oxygen atoms in total. The Balaban J connectivity index is 1.84. The van der Waals surface area contributed by atoms with Gasteiger partial charge in [-0.15, -0.1) is 0 Å². The van der Waals surface area contributed by atoms with E-state index in [-0.39, 0.29) is 21.2 Å². The van der Waals surface area contributed by atoms with Crippen LogP contribution >= 0.6 is 11.8 Å². The Morgan fingerprint density at radius 2 is 1.06 bits per heavy atom. The Morgan fingerprint density at radius 1 is 0.612 bits per heavy atom. The second kappa shape index (κ2) is 14.7. The Hall–Kier alpha value is -4.85. The maximum Gasteiger partial charge on any atom is 0.264 e. The number of carbonyl (C=O) groups excluding carboxylic acids is 2. The standard InChI is InChI=1S/C36H34N2O8S3/c1-25(39)23-37(48(41,42)30-18-14-27(45-3)15-19-30)34-22-35(47-29-10-6-5-7-11-29)36(33-13-9-8-12-32(33)34)38(24-26(2)40)49(43,44)31-20-16-28(46-4)17-21-31/h5-22H,23-24H2,1-4H3. The molecule has 5 aromatic carbocycles. The van der Waals surface area contributed by atoms with Crippen molar-refractivity contribution in [3.63, 3.8) is 0 Å². The van der Waals surface area contributed by atoms with E-state index in [4.69, 9.17) is 9.47 Å². The maximum absolute atomic E-state index is 14.4. The highest BCUT2D eigenvalue weighted by atomic mass is 32.2. The third kappa shape index (κ3) is 7.58. The Bertz CT molecular complexity index is 2210. The summed E-state index contributed by atoms with van der Waals surface area (Å²) in [7, 11) is -5.76. The monoisotopic (exact) mass is 718 g/mol. The van der Waals surface area contributed by atoms with Gasteiger partial charge in [-0.3, -0.25) is 18.2 Å². The predicted molar refractivity (Wildman–Crippen MR) is 191 cm³/mol. The van der Waals surface area contributed by atoms with Crippen LogP contribution in [0.3, 0.4) is 0 Å². The molecule has 0 bridgehead atoms. The van der Waals surface area contributed by atoms with Crippen LogP contribution in [0.15, 0.2) is 129 Å². The van der Waals surface area contributed by atoms with Crippen LogP contribution in [0.1, 0.15) is 13.8 Å². The zero-order valence-corrected chi connectivity index (χ0v) is 29.6. The minimum absolute atomic E-state index is 0.0692. The number of anilines is 2. The number of ketones is 2. The summed E-state index contributed by atoms with van der Waals surface area (Å²) >= 11 is 1.20. The van der Waals surface area contributed by atoms with Crippen molar-refractivity contribution in [1.82, 2.24) is 0 Å². The van der Waals surface area contributed by atoms with Gasteiger partial charge in [0, 0.05) is 20.6 Å². The van der Waals surface area contributed by atoms with Gasteiger partial charge in [0.15, 0.2) is 0 Å². The zero-order valence-electron chi connectivity index (χ0n) is 27.2. The van der Waals surface area contributed by atoms with Crippen LogP contribution in [0.2, 0.25) is 0 Å². The summed E-state index contributed by atoms with van der Waals surface area (Å²) in [6.45, 7) is 1.60. The molecule has 0 N–H and O–H groups in total. The highest BCUT2D eigenvalue weighted by Crippen LogP contribution is 2.47. The quantitative estimate of drug-likeness (QED) is 0.125. The normalized spacial score (nSPS) is 11.6. The average molecular weight is 719 g/mol. The number of methoxy groups -OCH3 is 2. The summed E-state index contributed by atoms with van der Waals surface area (Å²) in [5, 5.41) is 0.710. The van der Waals surface area contributed by atoms with Gasteiger partial charge in [-0.05, 0) is 80.6 Å². The molecule has 0 fully saturated rings. The molecule has 0 aromatic heterocycles. The van der Waals surface area contributed by atoms with E-state index in [9.17, 15) is 26.4 Å². The second-order valence-corrected chi connectivity index (χ2v) is 15.8. The van der Waals surface area contributed by atoms with Crippen LogP contribution in [0, 0.1) is 0 Å². The van der Waals surface area contributed by atoms with Gasteiger partial charge in [0.25, 0.3) is 20.0 Å². The molecule has 0 heterocycles. The van der Waals surface area contributed by atoms with Crippen LogP contribution in [-0.4, -0.2) is 55.7 Å². The van der Waals surface area contributed by atoms with Crippen molar-refractivity contribution in [3.8, 4) is 11.5 Å². The Morgan fingerprint density at radius 3 is 1.55 bits per heavy atom. The number of hydrogen-bond acceptors (Lipinski definition) is 9. The first-order valence-corrected chi connectivity index (χ1v) is 18.7. The third-order valence-electron chi connectivity index (χ3n) is 7.48. The first-order valence-electron chi connectivity index (χ1n) is 15.0. The highest BCUT2D eigenvalue weighted by molar-refractivity contribution is 7.99. The SMILES string of the molecule is COc1ccc(S(=O)(=O)N(CC(C)=O)c2cc(Sc3ccccc3)c(N(CC(C)=O)S(=O)(=O)c3ccc(OC)cc3)c3ccccc23)cc1. The average Bonchev–Trinajstić information content (AvgIpc) is 3.09. The van der Waals surface area contributed by atoms with Gasteiger partial charge >= 0.3 is 0 Å². The molecular formula is C36H34N2O8S3. The van der Waals surface area contributed by atoms with Gasteiger partial charge < -0.3 is 9.47 Å². The summed E-state index contributed by atoms with van der Waals surface area (Å²) < 4.78 is 70.0. The molecule has 5 rings (SSSR count). The van der Waals surface area contributed by atoms with Crippen LogP contribution in [0.4, 0.5) is 11.4 Å². The number of carbonyl (C=O) groups is 2. The molecule has 0 aliphatic rings. The van der Waals surface area contributed by atoms with Gasteiger partial charge in [0.2, 0.25) is 0 Å². The summed E-state index contributed by atoms with van der Waals surface area (Å²) in [6.07, 6.45) is 0. The fourth-order valence-corrected chi connectivity index (χ4v) is 9.32. The second-order valence-electron chi connectivity index (χ2n) is 11.0. The lowest BCUT2D eigenvalue weighted by Crippen LogP contribution is -2.37. The molecule has 0 radical (unpaired) electrons.